The average molecular weight is 641 g/mol. The Bertz CT molecular complexity index is 1830. The van der Waals surface area contributed by atoms with Crippen LogP contribution in [0.1, 0.15) is 32.6 Å². The topological polar surface area (TPSA) is 94.2 Å². The Balaban J connectivity index is 1.06. The highest BCUT2D eigenvalue weighted by Gasteiger charge is 2.26. The minimum atomic E-state index is -0.897. The molecule has 1 aliphatic rings. The average Bonchev–Trinajstić information content (AvgIpc) is 3.30. The molecule has 5 aromatic carbocycles. The lowest BCUT2D eigenvalue weighted by atomic mass is 10.0. The molecule has 8 heteroatoms. The highest BCUT2D eigenvalue weighted by atomic mass is 16.5. The molecule has 0 aliphatic carbocycles. The van der Waals surface area contributed by atoms with Crippen LogP contribution in [0.2, 0.25) is 0 Å². The molecule has 48 heavy (non-hydrogen) atoms. The highest BCUT2D eigenvalue weighted by Crippen LogP contribution is 2.36. The van der Waals surface area contributed by atoms with Gasteiger partial charge in [0, 0.05) is 12.0 Å². The number of nitrogens with zero attached hydrogens (tertiary/aromatic N) is 1. The lowest BCUT2D eigenvalue weighted by Crippen LogP contribution is -2.43. The quantitative estimate of drug-likeness (QED) is 0.163. The van der Waals surface area contributed by atoms with E-state index in [-0.39, 0.29) is 18.9 Å². The Labute approximate surface area is 279 Å². The summed E-state index contributed by atoms with van der Waals surface area (Å²) in [6, 6.07) is 38.7. The minimum absolute atomic E-state index is 0.186. The standard InChI is InChI=1S/C40H36N2O6/c1-46-40(45)35(25-28-15-21-33(22-16-28)47-26-29-9-3-2-4-10-29)41-39(44)32-19-23-34(24-20-32)48-27-38(43)42-36-13-7-5-11-30(36)17-18-31-12-6-8-14-37(31)42/h2-16,19-24,35H,17-18,25-27H2,1H3,(H,41,44). The van der Waals surface area contributed by atoms with Crippen LogP contribution in [-0.2, 0) is 40.2 Å². The number of carbonyl (C=O) groups excluding carboxylic acids is 3. The number of rotatable bonds is 11. The molecule has 0 saturated carbocycles. The fraction of sp³-hybridized carbons (Fsp3) is 0.175. The third kappa shape index (κ3) is 7.73. The van der Waals surface area contributed by atoms with Gasteiger partial charge < -0.3 is 19.5 Å². The maximum Gasteiger partial charge on any atom is 0.328 e. The van der Waals surface area contributed by atoms with Crippen molar-refractivity contribution in [3.63, 3.8) is 0 Å². The zero-order valence-electron chi connectivity index (χ0n) is 26.6. The first kappa shape index (κ1) is 32.1. The number of amides is 2. The summed E-state index contributed by atoms with van der Waals surface area (Å²) in [5.74, 6) is -0.0476. The third-order valence-corrected chi connectivity index (χ3v) is 8.26. The largest absolute Gasteiger partial charge is 0.489 e. The van der Waals surface area contributed by atoms with Gasteiger partial charge >= 0.3 is 5.97 Å². The van der Waals surface area contributed by atoms with Gasteiger partial charge in [0.25, 0.3) is 11.8 Å². The number of hydrogen-bond donors (Lipinski definition) is 1. The number of aryl methyl sites for hydroxylation is 2. The monoisotopic (exact) mass is 640 g/mol. The second-order valence-electron chi connectivity index (χ2n) is 11.5. The van der Waals surface area contributed by atoms with Gasteiger partial charge in [-0.05, 0) is 83.6 Å². The Morgan fingerprint density at radius 3 is 1.85 bits per heavy atom. The summed E-state index contributed by atoms with van der Waals surface area (Å²) in [7, 11) is 1.29. The van der Waals surface area contributed by atoms with Crippen molar-refractivity contribution < 1.29 is 28.6 Å². The summed E-state index contributed by atoms with van der Waals surface area (Å²) in [4.78, 5) is 41.1. The van der Waals surface area contributed by atoms with Gasteiger partial charge in [-0.1, -0.05) is 78.9 Å². The number of para-hydroxylation sites is 2. The first-order chi connectivity index (χ1) is 23.5. The van der Waals surface area contributed by atoms with Gasteiger partial charge in [0.1, 0.15) is 24.1 Å². The summed E-state index contributed by atoms with van der Waals surface area (Å²) in [6.07, 6.45) is 1.92. The van der Waals surface area contributed by atoms with Crippen LogP contribution in [0.4, 0.5) is 11.4 Å². The molecule has 1 N–H and O–H groups in total. The van der Waals surface area contributed by atoms with Crippen molar-refractivity contribution in [1.29, 1.82) is 0 Å². The van der Waals surface area contributed by atoms with Crippen LogP contribution in [0.3, 0.4) is 0 Å². The number of hydrogen-bond acceptors (Lipinski definition) is 6. The Hall–Kier alpha value is -5.89. The number of nitrogens with one attached hydrogen (secondary N) is 1. The van der Waals surface area contributed by atoms with Gasteiger partial charge in [-0.2, -0.15) is 0 Å². The van der Waals surface area contributed by atoms with E-state index in [9.17, 15) is 14.4 Å². The number of methoxy groups -OCH3 is 1. The lowest BCUT2D eigenvalue weighted by molar-refractivity contribution is -0.142. The van der Waals surface area contributed by atoms with Crippen LogP contribution >= 0.6 is 0 Å². The van der Waals surface area contributed by atoms with E-state index in [0.29, 0.717) is 23.7 Å². The highest BCUT2D eigenvalue weighted by molar-refractivity contribution is 6.03. The smallest absolute Gasteiger partial charge is 0.328 e. The van der Waals surface area contributed by atoms with Crippen LogP contribution in [-0.4, -0.2) is 37.5 Å². The molecule has 0 bridgehead atoms. The van der Waals surface area contributed by atoms with Crippen molar-refractivity contribution in [2.75, 3.05) is 18.6 Å². The summed E-state index contributed by atoms with van der Waals surface area (Å²) < 4.78 is 16.7. The zero-order valence-corrected chi connectivity index (χ0v) is 26.6. The number of anilines is 2. The normalized spacial score (nSPS) is 12.5. The molecule has 1 heterocycles. The molecule has 2 amide bonds. The minimum Gasteiger partial charge on any atom is -0.489 e. The van der Waals surface area contributed by atoms with Crippen molar-refractivity contribution in [2.24, 2.45) is 0 Å². The van der Waals surface area contributed by atoms with Gasteiger partial charge in [-0.25, -0.2) is 4.79 Å². The van der Waals surface area contributed by atoms with E-state index >= 15 is 0 Å². The molecule has 0 spiro atoms. The molecule has 0 saturated heterocycles. The maximum absolute atomic E-state index is 13.6. The maximum atomic E-state index is 13.6. The SMILES string of the molecule is COC(=O)C(Cc1ccc(OCc2ccccc2)cc1)NC(=O)c1ccc(OCC(=O)N2c3ccccc3CCc3ccccc32)cc1. The molecule has 1 aliphatic heterocycles. The molecule has 0 fully saturated rings. The Morgan fingerprint density at radius 2 is 1.23 bits per heavy atom. The molecule has 6 rings (SSSR count). The van der Waals surface area contributed by atoms with E-state index in [1.54, 1.807) is 29.2 Å². The van der Waals surface area contributed by atoms with E-state index in [0.717, 1.165) is 46.5 Å². The van der Waals surface area contributed by atoms with Gasteiger partial charge in [-0.3, -0.25) is 14.5 Å². The fourth-order valence-corrected chi connectivity index (χ4v) is 5.74. The molecule has 0 aromatic heterocycles. The number of fused-ring (bicyclic) bond motifs is 2. The van der Waals surface area contributed by atoms with Crippen LogP contribution < -0.4 is 19.7 Å². The molecule has 0 radical (unpaired) electrons. The number of benzene rings is 5. The van der Waals surface area contributed by atoms with Crippen molar-refractivity contribution >= 4 is 29.2 Å². The summed E-state index contributed by atoms with van der Waals surface area (Å²) in [5.41, 5.74) is 6.16. The zero-order chi connectivity index (χ0) is 33.3. The van der Waals surface area contributed by atoms with E-state index in [4.69, 9.17) is 14.2 Å². The predicted molar refractivity (Wildman–Crippen MR) is 184 cm³/mol. The lowest BCUT2D eigenvalue weighted by Gasteiger charge is -2.25. The fourth-order valence-electron chi connectivity index (χ4n) is 5.74. The van der Waals surface area contributed by atoms with Crippen LogP contribution in [0.25, 0.3) is 0 Å². The van der Waals surface area contributed by atoms with Crippen LogP contribution in [0, 0.1) is 0 Å². The molecular weight excluding hydrogens is 604 g/mol. The van der Waals surface area contributed by atoms with E-state index in [1.807, 2.05) is 91.0 Å². The van der Waals surface area contributed by atoms with Crippen LogP contribution in [0.15, 0.2) is 127 Å². The van der Waals surface area contributed by atoms with Crippen LogP contribution in [0.5, 0.6) is 11.5 Å². The summed E-state index contributed by atoms with van der Waals surface area (Å²) in [5, 5.41) is 2.78. The first-order valence-corrected chi connectivity index (χ1v) is 15.8. The van der Waals surface area contributed by atoms with Crippen molar-refractivity contribution in [3.8, 4) is 11.5 Å². The number of carbonyl (C=O) groups is 3. The van der Waals surface area contributed by atoms with Gasteiger partial charge in [0.2, 0.25) is 0 Å². The summed E-state index contributed by atoms with van der Waals surface area (Å²) >= 11 is 0. The van der Waals surface area contributed by atoms with E-state index in [2.05, 4.69) is 17.4 Å². The van der Waals surface area contributed by atoms with Crippen molar-refractivity contribution in [3.05, 3.63) is 155 Å². The molecule has 1 atom stereocenters. The second kappa shape index (κ2) is 15.1. The van der Waals surface area contributed by atoms with Gasteiger partial charge in [0.05, 0.1) is 18.5 Å². The molecule has 5 aromatic rings. The molecule has 1 unspecified atom stereocenters. The number of ether oxygens (including phenoxy) is 3. The van der Waals surface area contributed by atoms with Gasteiger partial charge in [-0.15, -0.1) is 0 Å². The molecular formula is C40H36N2O6. The molecule has 8 nitrogen and oxygen atoms in total. The first-order valence-electron chi connectivity index (χ1n) is 15.8. The Morgan fingerprint density at radius 1 is 0.667 bits per heavy atom. The molecule has 242 valence electrons. The van der Waals surface area contributed by atoms with Crippen molar-refractivity contribution in [2.45, 2.75) is 31.9 Å². The predicted octanol–water partition coefficient (Wildman–Crippen LogP) is 6.62. The van der Waals surface area contributed by atoms with E-state index in [1.165, 1.54) is 7.11 Å². The third-order valence-electron chi connectivity index (χ3n) is 8.26. The Kier molecular flexibility index (Phi) is 10.1. The number of esters is 1. The van der Waals surface area contributed by atoms with E-state index < -0.39 is 17.9 Å². The van der Waals surface area contributed by atoms with Crippen molar-refractivity contribution in [1.82, 2.24) is 5.32 Å². The summed E-state index contributed by atoms with van der Waals surface area (Å²) in [6.45, 7) is 0.261. The second-order valence-corrected chi connectivity index (χ2v) is 11.5. The van der Waals surface area contributed by atoms with Gasteiger partial charge in [0.15, 0.2) is 6.61 Å².